The molecule has 10 heteroatoms. The van der Waals surface area contributed by atoms with Crippen molar-refractivity contribution in [3.05, 3.63) is 77.9 Å². The van der Waals surface area contributed by atoms with Gasteiger partial charge < -0.3 is 19.1 Å². The number of piperidine rings is 1. The van der Waals surface area contributed by atoms with Crippen LogP contribution >= 0.6 is 0 Å². The number of likely N-dealkylation sites (tertiary alicyclic amines) is 1. The minimum Gasteiger partial charge on any atom is -0.495 e. The highest BCUT2D eigenvalue weighted by Crippen LogP contribution is 2.34. The third kappa shape index (κ3) is 7.67. The molecule has 0 spiro atoms. The third-order valence-electron chi connectivity index (χ3n) is 6.58. The van der Waals surface area contributed by atoms with Crippen LogP contribution < -0.4 is 14.2 Å². The van der Waals surface area contributed by atoms with Gasteiger partial charge in [0.25, 0.3) is 0 Å². The molecule has 39 heavy (non-hydrogen) atoms. The number of rotatable bonds is 11. The first-order chi connectivity index (χ1) is 18.7. The van der Waals surface area contributed by atoms with Gasteiger partial charge in [0.15, 0.2) is 0 Å². The van der Waals surface area contributed by atoms with E-state index in [9.17, 15) is 21.6 Å². The summed E-state index contributed by atoms with van der Waals surface area (Å²) in [6.07, 6.45) is 0.193. The number of methoxy groups -OCH3 is 1. The van der Waals surface area contributed by atoms with Gasteiger partial charge in [0, 0.05) is 12.6 Å². The molecule has 0 bridgehead atoms. The molecule has 0 amide bonds. The summed E-state index contributed by atoms with van der Waals surface area (Å²) in [5.74, 6) is 1.04. The third-order valence-corrected chi connectivity index (χ3v) is 8.37. The molecule has 0 aliphatic carbocycles. The van der Waals surface area contributed by atoms with Crippen molar-refractivity contribution < 1.29 is 35.8 Å². The molecule has 0 aromatic heterocycles. The van der Waals surface area contributed by atoms with E-state index in [0.717, 1.165) is 38.2 Å². The number of nitrogens with zero attached hydrogens (tertiary/aromatic N) is 1. The number of ether oxygens (including phenoxy) is 3. The van der Waals surface area contributed by atoms with Gasteiger partial charge in [-0.3, -0.25) is 0 Å². The molecule has 6 nitrogen and oxygen atoms in total. The van der Waals surface area contributed by atoms with Crippen LogP contribution in [0, 0.1) is 0 Å². The van der Waals surface area contributed by atoms with E-state index >= 15 is 0 Å². The van der Waals surface area contributed by atoms with E-state index in [1.807, 2.05) is 0 Å². The van der Waals surface area contributed by atoms with E-state index in [1.54, 1.807) is 12.1 Å². The lowest BCUT2D eigenvalue weighted by atomic mass is 10.1. The average Bonchev–Trinajstić information content (AvgIpc) is 2.94. The van der Waals surface area contributed by atoms with Crippen LogP contribution in [-0.2, 0) is 22.6 Å². The highest BCUT2D eigenvalue weighted by Gasteiger charge is 2.30. The number of hydrogen-bond donors (Lipinski definition) is 0. The van der Waals surface area contributed by atoms with Gasteiger partial charge in [0.05, 0.1) is 24.2 Å². The molecule has 0 atom stereocenters. The molecule has 0 saturated carbocycles. The quantitative estimate of drug-likeness (QED) is 0.252. The van der Waals surface area contributed by atoms with Crippen molar-refractivity contribution in [2.75, 3.05) is 33.4 Å². The molecule has 3 aromatic carbocycles. The van der Waals surface area contributed by atoms with E-state index in [-0.39, 0.29) is 22.1 Å². The number of sulfone groups is 1. The largest absolute Gasteiger partial charge is 0.495 e. The Labute approximate surface area is 227 Å². The first-order valence-electron chi connectivity index (χ1n) is 12.8. The molecule has 1 aliphatic rings. The van der Waals surface area contributed by atoms with Gasteiger partial charge in [-0.2, -0.15) is 13.2 Å². The van der Waals surface area contributed by atoms with Gasteiger partial charge >= 0.3 is 6.18 Å². The molecule has 0 N–H and O–H groups in total. The summed E-state index contributed by atoms with van der Waals surface area (Å²) in [5.41, 5.74) is -0.180. The summed E-state index contributed by atoms with van der Waals surface area (Å²) >= 11 is 0. The summed E-state index contributed by atoms with van der Waals surface area (Å²) in [6.45, 7) is 3.70. The average molecular weight is 564 g/mol. The second-order valence-electron chi connectivity index (χ2n) is 9.38. The highest BCUT2D eigenvalue weighted by molar-refractivity contribution is 7.91. The number of hydrogen-bond acceptors (Lipinski definition) is 6. The lowest BCUT2D eigenvalue weighted by molar-refractivity contribution is -0.137. The Morgan fingerprint density at radius 1 is 0.846 bits per heavy atom. The van der Waals surface area contributed by atoms with E-state index in [0.29, 0.717) is 23.7 Å². The molecule has 4 rings (SSSR count). The Morgan fingerprint density at radius 3 is 2.15 bits per heavy atom. The molecule has 1 aliphatic heterocycles. The summed E-state index contributed by atoms with van der Waals surface area (Å²) in [6, 6.07) is 15.3. The molecule has 3 aromatic rings. The fourth-order valence-corrected chi connectivity index (χ4v) is 5.85. The molecular formula is C29H32F3NO5S. The van der Waals surface area contributed by atoms with Crippen molar-refractivity contribution in [2.45, 2.75) is 48.3 Å². The van der Waals surface area contributed by atoms with Crippen LogP contribution in [-0.4, -0.2) is 46.7 Å². The van der Waals surface area contributed by atoms with Crippen molar-refractivity contribution in [1.82, 2.24) is 4.90 Å². The summed E-state index contributed by atoms with van der Waals surface area (Å²) in [5, 5.41) is 0. The predicted molar refractivity (Wildman–Crippen MR) is 141 cm³/mol. The van der Waals surface area contributed by atoms with Crippen LogP contribution in [0.5, 0.6) is 17.2 Å². The molecule has 210 valence electrons. The molecule has 1 heterocycles. The van der Waals surface area contributed by atoms with E-state index in [1.165, 1.54) is 68.8 Å². The topological polar surface area (TPSA) is 65.1 Å². The maximum absolute atomic E-state index is 13.4. The minimum atomic E-state index is -4.40. The Morgan fingerprint density at radius 2 is 1.51 bits per heavy atom. The maximum atomic E-state index is 13.4. The van der Waals surface area contributed by atoms with Crippen LogP contribution in [0.25, 0.3) is 0 Å². The normalized spacial score (nSPS) is 14.7. The van der Waals surface area contributed by atoms with Gasteiger partial charge in [-0.1, -0.05) is 18.6 Å². The van der Waals surface area contributed by atoms with E-state index in [2.05, 4.69) is 4.90 Å². The van der Waals surface area contributed by atoms with Crippen LogP contribution in [0.15, 0.2) is 76.5 Å². The zero-order valence-electron chi connectivity index (χ0n) is 21.7. The Kier molecular flexibility index (Phi) is 9.40. The smallest absolute Gasteiger partial charge is 0.416 e. The summed E-state index contributed by atoms with van der Waals surface area (Å²) in [4.78, 5) is 2.47. The summed E-state index contributed by atoms with van der Waals surface area (Å²) in [7, 11) is -2.52. The molecule has 1 fully saturated rings. The Balaban J connectivity index is 1.38. The van der Waals surface area contributed by atoms with Crippen molar-refractivity contribution in [3.8, 4) is 17.2 Å². The molecule has 0 unspecified atom stereocenters. The first-order valence-corrected chi connectivity index (χ1v) is 14.3. The number of benzene rings is 3. The second kappa shape index (κ2) is 12.7. The fraction of sp³-hybridized carbons (Fsp3) is 0.379. The van der Waals surface area contributed by atoms with Crippen LogP contribution in [0.1, 0.15) is 36.8 Å². The lowest BCUT2D eigenvalue weighted by Gasteiger charge is -2.26. The lowest BCUT2D eigenvalue weighted by Crippen LogP contribution is -2.31. The minimum absolute atomic E-state index is 0.00282. The van der Waals surface area contributed by atoms with E-state index < -0.39 is 21.6 Å². The van der Waals surface area contributed by atoms with Gasteiger partial charge in [0.1, 0.15) is 28.8 Å². The van der Waals surface area contributed by atoms with Gasteiger partial charge in [-0.05, 0) is 86.4 Å². The predicted octanol–water partition coefficient (Wildman–Crippen LogP) is 6.38. The highest BCUT2D eigenvalue weighted by atomic mass is 32.2. The zero-order valence-corrected chi connectivity index (χ0v) is 22.6. The van der Waals surface area contributed by atoms with Crippen LogP contribution in [0.4, 0.5) is 13.2 Å². The standard InChI is InChI=1S/C29H32F3NO5S/c1-36-27-15-12-25(37-19-5-18-33-16-3-2-4-17-33)20-28(27)39(34,35)26-13-10-24(11-14-26)38-21-22-6-8-23(9-7-22)29(30,31)32/h6-15,20H,2-5,16-19,21H2,1H3. The van der Waals surface area contributed by atoms with Crippen LogP contribution in [0.3, 0.4) is 0 Å². The first kappa shape index (κ1) is 28.8. The SMILES string of the molecule is COc1ccc(OCCCN2CCCCC2)cc1S(=O)(=O)c1ccc(OCc2ccc(C(F)(F)F)cc2)cc1. The Hall–Kier alpha value is -3.24. The molecular weight excluding hydrogens is 531 g/mol. The monoisotopic (exact) mass is 563 g/mol. The van der Waals surface area contributed by atoms with Crippen molar-refractivity contribution in [3.63, 3.8) is 0 Å². The Bertz CT molecular complexity index is 1320. The maximum Gasteiger partial charge on any atom is 0.416 e. The van der Waals surface area contributed by atoms with Crippen LogP contribution in [0.2, 0.25) is 0 Å². The number of alkyl halides is 3. The van der Waals surface area contributed by atoms with Crippen molar-refractivity contribution in [1.29, 1.82) is 0 Å². The van der Waals surface area contributed by atoms with E-state index in [4.69, 9.17) is 14.2 Å². The van der Waals surface area contributed by atoms with Gasteiger partial charge in [-0.25, -0.2) is 8.42 Å². The van der Waals surface area contributed by atoms with Gasteiger partial charge in [0.2, 0.25) is 9.84 Å². The zero-order chi connectivity index (χ0) is 27.9. The molecule has 0 radical (unpaired) electrons. The second-order valence-corrected chi connectivity index (χ2v) is 11.3. The van der Waals surface area contributed by atoms with Crippen molar-refractivity contribution >= 4 is 9.84 Å². The van der Waals surface area contributed by atoms with Crippen molar-refractivity contribution in [2.24, 2.45) is 0 Å². The molecule has 1 saturated heterocycles. The summed E-state index contributed by atoms with van der Waals surface area (Å²) < 4.78 is 81.9. The number of halogens is 3. The van der Waals surface area contributed by atoms with Gasteiger partial charge in [-0.15, -0.1) is 0 Å². The fourth-order valence-electron chi connectivity index (χ4n) is 4.42.